The number of carbonyl (C=O) groups is 2. The Morgan fingerprint density at radius 1 is 0.960 bits per heavy atom. The van der Waals surface area contributed by atoms with Crippen molar-refractivity contribution in [3.63, 3.8) is 0 Å². The minimum atomic E-state index is -0.0303. The number of benzene rings is 2. The lowest BCUT2D eigenvalue weighted by Crippen LogP contribution is -2.37. The van der Waals surface area contributed by atoms with Gasteiger partial charge in [0.25, 0.3) is 5.91 Å². The van der Waals surface area contributed by atoms with Crippen LogP contribution in [0.1, 0.15) is 36.7 Å². The van der Waals surface area contributed by atoms with Gasteiger partial charge in [-0.05, 0) is 37.1 Å². The van der Waals surface area contributed by atoms with E-state index < -0.39 is 0 Å². The molecule has 0 heterocycles. The summed E-state index contributed by atoms with van der Waals surface area (Å²) in [4.78, 5) is 26.3. The third-order valence-electron chi connectivity index (χ3n) is 3.83. The van der Waals surface area contributed by atoms with Crippen LogP contribution in [0.2, 0.25) is 0 Å². The molecule has 25 heavy (non-hydrogen) atoms. The van der Waals surface area contributed by atoms with Crippen molar-refractivity contribution in [2.45, 2.75) is 20.8 Å². The van der Waals surface area contributed by atoms with Crippen molar-refractivity contribution in [1.82, 2.24) is 4.90 Å². The molecule has 0 N–H and O–H groups in total. The zero-order valence-electron chi connectivity index (χ0n) is 15.1. The van der Waals surface area contributed by atoms with Crippen LogP contribution in [-0.2, 0) is 4.79 Å². The average Bonchev–Trinajstić information content (AvgIpc) is 2.64. The Morgan fingerprint density at radius 3 is 2.12 bits per heavy atom. The predicted octanol–water partition coefficient (Wildman–Crippen LogP) is 3.80. The van der Waals surface area contributed by atoms with Gasteiger partial charge < -0.3 is 9.64 Å². The van der Waals surface area contributed by atoms with Gasteiger partial charge in [0, 0.05) is 24.2 Å². The summed E-state index contributed by atoms with van der Waals surface area (Å²) in [6.45, 7) is 7.53. The Bertz CT molecular complexity index is 693. The fourth-order valence-corrected chi connectivity index (χ4v) is 2.54. The van der Waals surface area contributed by atoms with E-state index in [1.807, 2.05) is 25.1 Å². The summed E-state index contributed by atoms with van der Waals surface area (Å²) in [5, 5.41) is 0. The molecule has 2 aromatic rings. The Labute approximate surface area is 149 Å². The van der Waals surface area contributed by atoms with Gasteiger partial charge >= 0.3 is 0 Å². The molecule has 4 heteroatoms. The summed E-state index contributed by atoms with van der Waals surface area (Å²) >= 11 is 0. The number of likely N-dealkylation sites (N-methyl/N-ethyl adjacent to an activating group) is 1. The maximum absolute atomic E-state index is 12.4. The van der Waals surface area contributed by atoms with Gasteiger partial charge in [0.15, 0.2) is 12.4 Å². The van der Waals surface area contributed by atoms with Gasteiger partial charge in [-0.1, -0.05) is 44.2 Å². The normalized spacial score (nSPS) is 10.6. The Hall–Kier alpha value is -2.62. The lowest BCUT2D eigenvalue weighted by molar-refractivity contribution is -0.133. The van der Waals surface area contributed by atoms with E-state index in [-0.39, 0.29) is 18.3 Å². The van der Waals surface area contributed by atoms with Crippen LogP contribution in [0.4, 0.5) is 0 Å². The van der Waals surface area contributed by atoms with Gasteiger partial charge in [0.05, 0.1) is 0 Å². The molecule has 0 radical (unpaired) electrons. The van der Waals surface area contributed by atoms with Crippen molar-refractivity contribution in [3.8, 4) is 5.75 Å². The molecule has 0 aliphatic carbocycles. The third kappa shape index (κ3) is 5.45. The number of hydrogen-bond acceptors (Lipinski definition) is 3. The number of hydrogen-bond donors (Lipinski definition) is 0. The number of nitrogens with zero attached hydrogens (tertiary/aromatic N) is 1. The molecule has 4 nitrogen and oxygen atoms in total. The highest BCUT2D eigenvalue weighted by Crippen LogP contribution is 2.15. The van der Waals surface area contributed by atoms with Crippen LogP contribution < -0.4 is 4.74 Å². The minimum absolute atomic E-state index is 0.00649. The lowest BCUT2D eigenvalue weighted by atomic mass is 10.0. The molecule has 0 saturated heterocycles. The molecule has 0 aliphatic heterocycles. The molecule has 0 saturated carbocycles. The Kier molecular flexibility index (Phi) is 6.75. The van der Waals surface area contributed by atoms with Crippen molar-refractivity contribution in [2.24, 2.45) is 5.92 Å². The second kappa shape index (κ2) is 9.02. The van der Waals surface area contributed by atoms with Crippen LogP contribution in [0.3, 0.4) is 0 Å². The average molecular weight is 339 g/mol. The largest absolute Gasteiger partial charge is 0.484 e. The first-order valence-electron chi connectivity index (χ1n) is 8.61. The Morgan fingerprint density at radius 2 is 1.56 bits per heavy atom. The molecule has 0 atom stereocenters. The predicted molar refractivity (Wildman–Crippen MR) is 98.9 cm³/mol. The monoisotopic (exact) mass is 339 g/mol. The highest BCUT2D eigenvalue weighted by Gasteiger charge is 2.14. The SMILES string of the molecule is CCN(CC(C)C)C(=O)COc1ccc(C(=O)c2ccccc2)cc1. The molecule has 2 rings (SSSR count). The van der Waals surface area contributed by atoms with Crippen molar-refractivity contribution in [2.75, 3.05) is 19.7 Å². The number of ether oxygens (including phenoxy) is 1. The van der Waals surface area contributed by atoms with Crippen molar-refractivity contribution in [1.29, 1.82) is 0 Å². The molecular weight excluding hydrogens is 314 g/mol. The van der Waals surface area contributed by atoms with Gasteiger partial charge in [-0.2, -0.15) is 0 Å². The van der Waals surface area contributed by atoms with Crippen LogP contribution in [0.5, 0.6) is 5.75 Å². The number of ketones is 1. The number of amides is 1. The third-order valence-corrected chi connectivity index (χ3v) is 3.83. The topological polar surface area (TPSA) is 46.6 Å². The van der Waals surface area contributed by atoms with Gasteiger partial charge in [-0.3, -0.25) is 9.59 Å². The highest BCUT2D eigenvalue weighted by atomic mass is 16.5. The van der Waals surface area contributed by atoms with Crippen LogP contribution in [0.25, 0.3) is 0 Å². The first-order chi connectivity index (χ1) is 12.0. The van der Waals surface area contributed by atoms with Crippen LogP contribution in [0.15, 0.2) is 54.6 Å². The highest BCUT2D eigenvalue weighted by molar-refractivity contribution is 6.08. The number of rotatable bonds is 8. The van der Waals surface area contributed by atoms with E-state index in [2.05, 4.69) is 13.8 Å². The van der Waals surface area contributed by atoms with E-state index in [4.69, 9.17) is 4.74 Å². The molecule has 0 aromatic heterocycles. The molecule has 0 bridgehead atoms. The van der Waals surface area contributed by atoms with E-state index in [9.17, 15) is 9.59 Å². The molecule has 0 unspecified atom stereocenters. The maximum Gasteiger partial charge on any atom is 0.260 e. The van der Waals surface area contributed by atoms with Crippen molar-refractivity contribution in [3.05, 3.63) is 65.7 Å². The molecule has 0 aliphatic rings. The van der Waals surface area contributed by atoms with Gasteiger partial charge in [0.2, 0.25) is 0 Å². The second-order valence-electron chi connectivity index (χ2n) is 6.33. The molecule has 2 aromatic carbocycles. The van der Waals surface area contributed by atoms with Crippen molar-refractivity contribution < 1.29 is 14.3 Å². The lowest BCUT2D eigenvalue weighted by Gasteiger charge is -2.22. The van der Waals surface area contributed by atoms with E-state index >= 15 is 0 Å². The van der Waals surface area contributed by atoms with Gasteiger partial charge in [-0.25, -0.2) is 0 Å². The fraction of sp³-hybridized carbons (Fsp3) is 0.333. The van der Waals surface area contributed by atoms with E-state index in [1.54, 1.807) is 41.3 Å². The Balaban J connectivity index is 1.94. The molecule has 132 valence electrons. The smallest absolute Gasteiger partial charge is 0.260 e. The first kappa shape index (κ1) is 18.7. The molecule has 0 fully saturated rings. The summed E-state index contributed by atoms with van der Waals surface area (Å²) in [6, 6.07) is 16.0. The maximum atomic E-state index is 12.4. The fourth-order valence-electron chi connectivity index (χ4n) is 2.54. The summed E-state index contributed by atoms with van der Waals surface area (Å²) in [7, 11) is 0. The minimum Gasteiger partial charge on any atom is -0.484 e. The molecule has 1 amide bonds. The summed E-state index contributed by atoms with van der Waals surface area (Å²) in [5.74, 6) is 0.948. The molecule has 0 spiro atoms. The number of carbonyl (C=O) groups excluding carboxylic acids is 2. The molecular formula is C21H25NO3. The van der Waals surface area contributed by atoms with Gasteiger partial charge in [-0.15, -0.1) is 0 Å². The second-order valence-corrected chi connectivity index (χ2v) is 6.33. The standard InChI is InChI=1S/C21H25NO3/c1-4-22(14-16(2)3)20(23)15-25-19-12-10-18(11-13-19)21(24)17-8-6-5-7-9-17/h5-13,16H,4,14-15H2,1-3H3. The van der Waals surface area contributed by atoms with Crippen molar-refractivity contribution >= 4 is 11.7 Å². The first-order valence-corrected chi connectivity index (χ1v) is 8.61. The van der Waals surface area contributed by atoms with Crippen LogP contribution >= 0.6 is 0 Å². The van der Waals surface area contributed by atoms with E-state index in [0.29, 0.717) is 29.3 Å². The van der Waals surface area contributed by atoms with E-state index in [1.165, 1.54) is 0 Å². The van der Waals surface area contributed by atoms with Gasteiger partial charge in [0.1, 0.15) is 5.75 Å². The summed E-state index contributed by atoms with van der Waals surface area (Å²) in [5.41, 5.74) is 1.25. The van der Waals surface area contributed by atoms with E-state index in [0.717, 1.165) is 6.54 Å². The van der Waals surface area contributed by atoms with Crippen LogP contribution in [-0.4, -0.2) is 36.3 Å². The zero-order chi connectivity index (χ0) is 18.2. The summed E-state index contributed by atoms with van der Waals surface area (Å²) < 4.78 is 5.57. The quantitative estimate of drug-likeness (QED) is 0.687. The zero-order valence-corrected chi connectivity index (χ0v) is 15.1. The van der Waals surface area contributed by atoms with Crippen LogP contribution in [0, 0.1) is 5.92 Å². The summed E-state index contributed by atoms with van der Waals surface area (Å²) in [6.07, 6.45) is 0.